The van der Waals surface area contributed by atoms with E-state index in [0.29, 0.717) is 5.92 Å². The number of fused-ring (bicyclic) bond motifs is 2. The molecule has 1 aliphatic carbocycles. The fourth-order valence-corrected chi connectivity index (χ4v) is 6.92. The number of rotatable bonds is 5. The molecule has 0 saturated heterocycles. The number of benzene rings is 6. The highest BCUT2D eigenvalue weighted by Gasteiger charge is 2.29. The second-order valence-electron chi connectivity index (χ2n) is 11.3. The molecule has 0 N–H and O–H groups in total. The zero-order chi connectivity index (χ0) is 28.6. The van der Waals surface area contributed by atoms with Crippen molar-refractivity contribution in [3.8, 4) is 44.5 Å². The summed E-state index contributed by atoms with van der Waals surface area (Å²) in [6.07, 6.45) is 3.28. The van der Waals surface area contributed by atoms with Crippen LogP contribution in [0, 0.1) is 12.8 Å². The van der Waals surface area contributed by atoms with Gasteiger partial charge in [0.05, 0.1) is 7.11 Å². The van der Waals surface area contributed by atoms with E-state index in [-0.39, 0.29) is 0 Å². The van der Waals surface area contributed by atoms with Crippen LogP contribution >= 0.6 is 0 Å². The van der Waals surface area contributed by atoms with Crippen molar-refractivity contribution < 1.29 is 4.74 Å². The van der Waals surface area contributed by atoms with Gasteiger partial charge < -0.3 is 4.74 Å². The summed E-state index contributed by atoms with van der Waals surface area (Å²) in [5.41, 5.74) is 13.8. The van der Waals surface area contributed by atoms with E-state index in [0.717, 1.165) is 12.2 Å². The Bertz CT molecular complexity index is 1920. The number of hydrogen-bond donors (Lipinski definition) is 0. The van der Waals surface area contributed by atoms with Crippen molar-refractivity contribution in [1.82, 2.24) is 0 Å². The molecule has 1 atom stereocenters. The SMILES string of the molecule is COC1=CC(C)Cc2cc3c(-c4ccccc4)c(-c4ccccc4)c(-c4ccccc4)c(-c4ccccc4)c3c(C)c21. The molecule has 7 rings (SSSR count). The van der Waals surface area contributed by atoms with Crippen molar-refractivity contribution in [1.29, 1.82) is 0 Å². The molecule has 0 spiro atoms. The van der Waals surface area contributed by atoms with E-state index in [4.69, 9.17) is 4.74 Å². The highest BCUT2D eigenvalue weighted by Crippen LogP contribution is 2.53. The van der Waals surface area contributed by atoms with E-state index >= 15 is 0 Å². The monoisotopic (exact) mass is 542 g/mol. The van der Waals surface area contributed by atoms with Gasteiger partial charge >= 0.3 is 0 Å². The molecule has 0 heterocycles. The van der Waals surface area contributed by atoms with E-state index in [1.54, 1.807) is 7.11 Å². The van der Waals surface area contributed by atoms with Crippen LogP contribution in [0.15, 0.2) is 133 Å². The summed E-state index contributed by atoms with van der Waals surface area (Å²) in [4.78, 5) is 0. The van der Waals surface area contributed by atoms with E-state index in [9.17, 15) is 0 Å². The van der Waals surface area contributed by atoms with Gasteiger partial charge in [-0.15, -0.1) is 0 Å². The maximum absolute atomic E-state index is 6.05. The first-order valence-electron chi connectivity index (χ1n) is 14.8. The normalized spacial score (nSPS) is 14.4. The predicted molar refractivity (Wildman–Crippen MR) is 178 cm³/mol. The van der Waals surface area contributed by atoms with Crippen LogP contribution in [0.2, 0.25) is 0 Å². The summed E-state index contributed by atoms with van der Waals surface area (Å²) >= 11 is 0. The van der Waals surface area contributed by atoms with Gasteiger partial charge in [0.15, 0.2) is 0 Å². The minimum Gasteiger partial charge on any atom is -0.496 e. The van der Waals surface area contributed by atoms with Crippen molar-refractivity contribution in [3.63, 3.8) is 0 Å². The van der Waals surface area contributed by atoms with Gasteiger partial charge in [0.25, 0.3) is 0 Å². The number of aryl methyl sites for hydroxylation is 1. The Hall–Kier alpha value is -4.88. The third-order valence-electron chi connectivity index (χ3n) is 8.62. The summed E-state index contributed by atoms with van der Waals surface area (Å²) < 4.78 is 6.05. The molecule has 1 unspecified atom stereocenters. The first kappa shape index (κ1) is 26.0. The number of methoxy groups -OCH3 is 1. The van der Waals surface area contributed by atoms with Gasteiger partial charge in [-0.05, 0) is 97.8 Å². The first-order chi connectivity index (χ1) is 20.7. The Morgan fingerprint density at radius 3 is 1.45 bits per heavy atom. The van der Waals surface area contributed by atoms with Gasteiger partial charge in [0.2, 0.25) is 0 Å². The molecule has 0 radical (unpaired) electrons. The van der Waals surface area contributed by atoms with Crippen LogP contribution in [0.5, 0.6) is 0 Å². The molecule has 0 saturated carbocycles. The van der Waals surface area contributed by atoms with Crippen LogP contribution in [0.4, 0.5) is 0 Å². The van der Waals surface area contributed by atoms with Gasteiger partial charge in [0, 0.05) is 5.56 Å². The number of ether oxygens (including phenoxy) is 1. The van der Waals surface area contributed by atoms with Crippen molar-refractivity contribution in [2.45, 2.75) is 20.3 Å². The lowest BCUT2D eigenvalue weighted by molar-refractivity contribution is 0.363. The average molecular weight is 543 g/mol. The van der Waals surface area contributed by atoms with E-state index in [1.807, 2.05) is 0 Å². The van der Waals surface area contributed by atoms with Crippen molar-refractivity contribution in [3.05, 3.63) is 150 Å². The van der Waals surface area contributed by atoms with Gasteiger partial charge in [-0.25, -0.2) is 0 Å². The molecule has 0 aliphatic heterocycles. The average Bonchev–Trinajstić information content (AvgIpc) is 3.05. The second-order valence-corrected chi connectivity index (χ2v) is 11.3. The molecular weight excluding hydrogens is 508 g/mol. The zero-order valence-electron chi connectivity index (χ0n) is 24.4. The molecule has 1 aliphatic rings. The third-order valence-corrected chi connectivity index (χ3v) is 8.62. The maximum Gasteiger partial charge on any atom is 0.122 e. The zero-order valence-corrected chi connectivity index (χ0v) is 24.4. The quantitative estimate of drug-likeness (QED) is 0.210. The predicted octanol–water partition coefficient (Wildman–Crippen LogP) is 11.0. The lowest BCUT2D eigenvalue weighted by Crippen LogP contribution is -2.11. The largest absolute Gasteiger partial charge is 0.496 e. The van der Waals surface area contributed by atoms with Crippen LogP contribution in [-0.4, -0.2) is 7.11 Å². The highest BCUT2D eigenvalue weighted by molar-refractivity contribution is 6.19. The van der Waals surface area contributed by atoms with E-state index in [2.05, 4.69) is 147 Å². The summed E-state index contributed by atoms with van der Waals surface area (Å²) in [6.45, 7) is 4.57. The Labute approximate surface area is 248 Å². The van der Waals surface area contributed by atoms with Crippen molar-refractivity contribution in [2.75, 3.05) is 7.11 Å². The molecular formula is C41H34O. The molecule has 1 heteroatoms. The topological polar surface area (TPSA) is 9.23 Å². The number of hydrogen-bond acceptors (Lipinski definition) is 1. The molecule has 6 aromatic carbocycles. The van der Waals surface area contributed by atoms with Crippen molar-refractivity contribution >= 4 is 16.5 Å². The Morgan fingerprint density at radius 1 is 0.548 bits per heavy atom. The third kappa shape index (κ3) is 4.33. The Kier molecular flexibility index (Phi) is 6.72. The number of allylic oxidation sites excluding steroid dienone is 1. The summed E-state index contributed by atoms with van der Waals surface area (Å²) in [5.74, 6) is 1.40. The van der Waals surface area contributed by atoms with Crippen molar-refractivity contribution in [2.24, 2.45) is 5.92 Å². The Balaban J connectivity index is 1.79. The lowest BCUT2D eigenvalue weighted by Gasteiger charge is -2.29. The molecule has 0 aromatic heterocycles. The van der Waals surface area contributed by atoms with Crippen LogP contribution in [0.25, 0.3) is 61.0 Å². The van der Waals surface area contributed by atoms with Crippen LogP contribution in [0.1, 0.15) is 23.6 Å². The fourth-order valence-electron chi connectivity index (χ4n) is 6.92. The van der Waals surface area contributed by atoms with Gasteiger partial charge in [0.1, 0.15) is 5.76 Å². The van der Waals surface area contributed by atoms with Crippen LogP contribution in [-0.2, 0) is 11.2 Å². The molecule has 1 nitrogen and oxygen atoms in total. The molecule has 6 aromatic rings. The minimum atomic E-state index is 0.412. The first-order valence-corrected chi connectivity index (χ1v) is 14.8. The van der Waals surface area contributed by atoms with Crippen LogP contribution in [0.3, 0.4) is 0 Å². The summed E-state index contributed by atoms with van der Waals surface area (Å²) in [5, 5.41) is 2.58. The highest BCUT2D eigenvalue weighted by atomic mass is 16.5. The summed E-state index contributed by atoms with van der Waals surface area (Å²) in [7, 11) is 1.80. The van der Waals surface area contributed by atoms with E-state index in [1.165, 1.54) is 72.0 Å². The van der Waals surface area contributed by atoms with Gasteiger partial charge in [-0.3, -0.25) is 0 Å². The molecule has 0 fully saturated rings. The standard InChI is InChI=1S/C41H34O/c1-27-24-33-26-34-37(28(2)36(33)35(25-27)42-3)39(30-18-10-5-11-19-30)41(32-22-14-7-15-23-32)40(31-20-12-6-13-21-31)38(34)29-16-8-4-9-17-29/h4-23,25-27H,24H2,1-3H3. The van der Waals surface area contributed by atoms with Gasteiger partial charge in [-0.1, -0.05) is 128 Å². The van der Waals surface area contributed by atoms with Crippen LogP contribution < -0.4 is 0 Å². The fraction of sp³-hybridized carbons (Fsp3) is 0.122. The second kappa shape index (κ2) is 10.8. The smallest absolute Gasteiger partial charge is 0.122 e. The molecule has 42 heavy (non-hydrogen) atoms. The molecule has 0 bridgehead atoms. The lowest BCUT2D eigenvalue weighted by atomic mass is 9.75. The summed E-state index contributed by atoms with van der Waals surface area (Å²) in [6, 6.07) is 46.2. The van der Waals surface area contributed by atoms with Gasteiger partial charge in [-0.2, -0.15) is 0 Å². The molecule has 0 amide bonds. The Morgan fingerprint density at radius 2 is 0.976 bits per heavy atom. The van der Waals surface area contributed by atoms with E-state index < -0.39 is 0 Å². The molecule has 204 valence electrons. The minimum absolute atomic E-state index is 0.412. The maximum atomic E-state index is 6.05.